The summed E-state index contributed by atoms with van der Waals surface area (Å²) in [4.78, 5) is 12.6. The topological polar surface area (TPSA) is 54.9 Å². The van der Waals surface area contributed by atoms with Gasteiger partial charge in [-0.15, -0.1) is 10.2 Å². The second-order valence-corrected chi connectivity index (χ2v) is 6.91. The number of nitrogens with zero attached hydrogens (tertiary/aromatic N) is 2. The first-order valence-electron chi connectivity index (χ1n) is 8.52. The molecular weight excluding hydrogens is 330 g/mol. The predicted octanol–water partition coefficient (Wildman–Crippen LogP) is 4.53. The van der Waals surface area contributed by atoms with Gasteiger partial charge in [-0.25, -0.2) is 0 Å². The minimum atomic E-state index is -0.122. The zero-order chi connectivity index (χ0) is 17.5. The van der Waals surface area contributed by atoms with Crippen LogP contribution in [0.15, 0.2) is 54.6 Å². The maximum atomic E-state index is 12.6. The van der Waals surface area contributed by atoms with Gasteiger partial charge in [0.2, 0.25) is 5.13 Å². The Labute approximate surface area is 151 Å². The molecule has 1 amide bonds. The molecule has 0 aliphatic heterocycles. The van der Waals surface area contributed by atoms with Crippen LogP contribution in [0, 0.1) is 0 Å². The summed E-state index contributed by atoms with van der Waals surface area (Å²) in [6.45, 7) is 2.10. The Morgan fingerprint density at radius 2 is 1.72 bits per heavy atom. The van der Waals surface area contributed by atoms with Crippen LogP contribution in [0.5, 0.6) is 0 Å². The van der Waals surface area contributed by atoms with Crippen LogP contribution in [0.4, 0.5) is 5.13 Å². The van der Waals surface area contributed by atoms with E-state index in [0.717, 1.165) is 36.3 Å². The summed E-state index contributed by atoms with van der Waals surface area (Å²) < 4.78 is 0. The van der Waals surface area contributed by atoms with Gasteiger partial charge < -0.3 is 0 Å². The number of rotatable bonds is 7. The summed E-state index contributed by atoms with van der Waals surface area (Å²) in [6.07, 6.45) is 3.64. The number of hydrogen-bond acceptors (Lipinski definition) is 4. The molecule has 0 saturated carbocycles. The third-order valence-corrected chi connectivity index (χ3v) is 4.84. The number of aryl methyl sites for hydroxylation is 3. The number of carbonyl (C=O) groups is 1. The first-order chi connectivity index (χ1) is 12.3. The number of anilines is 1. The number of amides is 1. The van der Waals surface area contributed by atoms with Gasteiger partial charge in [-0.2, -0.15) is 0 Å². The highest BCUT2D eigenvalue weighted by Crippen LogP contribution is 2.19. The molecule has 0 fully saturated rings. The van der Waals surface area contributed by atoms with Crippen LogP contribution in [0.3, 0.4) is 0 Å². The van der Waals surface area contributed by atoms with Crippen LogP contribution in [-0.4, -0.2) is 16.1 Å². The van der Waals surface area contributed by atoms with Crippen molar-refractivity contribution in [2.24, 2.45) is 0 Å². The molecule has 3 aromatic rings. The summed E-state index contributed by atoms with van der Waals surface area (Å²) in [6, 6.07) is 18.1. The Bertz CT molecular complexity index is 830. The van der Waals surface area contributed by atoms with Crippen LogP contribution in [-0.2, 0) is 19.3 Å². The summed E-state index contributed by atoms with van der Waals surface area (Å²) in [7, 11) is 0. The molecular formula is C20H21N3OS. The molecule has 0 unspecified atom stereocenters. The van der Waals surface area contributed by atoms with Gasteiger partial charge in [0.15, 0.2) is 0 Å². The summed E-state index contributed by atoms with van der Waals surface area (Å²) in [5, 5.41) is 12.6. The highest BCUT2D eigenvalue weighted by atomic mass is 32.1. The van der Waals surface area contributed by atoms with Crippen molar-refractivity contribution >= 4 is 22.4 Å². The van der Waals surface area contributed by atoms with E-state index in [4.69, 9.17) is 0 Å². The Balaban J connectivity index is 1.69. The Kier molecular flexibility index (Phi) is 5.90. The van der Waals surface area contributed by atoms with Gasteiger partial charge in [-0.3, -0.25) is 10.1 Å². The van der Waals surface area contributed by atoms with Crippen LogP contribution in [0.25, 0.3) is 0 Å². The molecule has 0 saturated heterocycles. The quantitative estimate of drug-likeness (QED) is 0.680. The number of carbonyl (C=O) groups excluding carboxylic acids is 1. The summed E-state index contributed by atoms with van der Waals surface area (Å²) in [5.41, 5.74) is 3.01. The Morgan fingerprint density at radius 1 is 0.960 bits per heavy atom. The fourth-order valence-electron chi connectivity index (χ4n) is 2.67. The highest BCUT2D eigenvalue weighted by Gasteiger charge is 2.13. The lowest BCUT2D eigenvalue weighted by molar-refractivity contribution is 0.102. The van der Waals surface area contributed by atoms with Gasteiger partial charge in [0.25, 0.3) is 5.91 Å². The zero-order valence-corrected chi connectivity index (χ0v) is 15.1. The van der Waals surface area contributed by atoms with Crippen molar-refractivity contribution < 1.29 is 4.79 Å². The van der Waals surface area contributed by atoms with E-state index in [1.165, 1.54) is 16.9 Å². The van der Waals surface area contributed by atoms with Gasteiger partial charge >= 0.3 is 0 Å². The van der Waals surface area contributed by atoms with Crippen LogP contribution in [0.1, 0.15) is 39.8 Å². The molecule has 3 rings (SSSR count). The van der Waals surface area contributed by atoms with Crippen molar-refractivity contribution in [1.29, 1.82) is 0 Å². The summed E-state index contributed by atoms with van der Waals surface area (Å²) >= 11 is 1.44. The van der Waals surface area contributed by atoms with E-state index in [0.29, 0.717) is 10.7 Å². The molecule has 25 heavy (non-hydrogen) atoms. The van der Waals surface area contributed by atoms with Crippen LogP contribution >= 0.6 is 11.3 Å². The number of nitrogens with one attached hydrogen (secondary N) is 1. The maximum absolute atomic E-state index is 12.6. The lowest BCUT2D eigenvalue weighted by Crippen LogP contribution is -2.14. The minimum absolute atomic E-state index is 0.122. The molecule has 0 aliphatic rings. The van der Waals surface area contributed by atoms with Gasteiger partial charge in [-0.05, 0) is 36.5 Å². The minimum Gasteiger partial charge on any atom is -0.296 e. The third-order valence-electron chi connectivity index (χ3n) is 3.94. The third kappa shape index (κ3) is 4.73. The van der Waals surface area contributed by atoms with E-state index >= 15 is 0 Å². The van der Waals surface area contributed by atoms with Crippen molar-refractivity contribution in [3.63, 3.8) is 0 Å². The smallest absolute Gasteiger partial charge is 0.257 e. The van der Waals surface area contributed by atoms with Gasteiger partial charge in [0.1, 0.15) is 5.01 Å². The van der Waals surface area contributed by atoms with E-state index in [2.05, 4.69) is 34.6 Å². The molecule has 2 aromatic carbocycles. The molecule has 0 bridgehead atoms. The van der Waals surface area contributed by atoms with E-state index in [1.807, 2.05) is 42.5 Å². The lowest BCUT2D eigenvalue weighted by Gasteiger charge is -2.09. The van der Waals surface area contributed by atoms with Crippen molar-refractivity contribution in [2.45, 2.75) is 32.6 Å². The largest absolute Gasteiger partial charge is 0.296 e. The molecule has 128 valence electrons. The SMILES string of the molecule is CCCc1nnc(NC(=O)c2ccccc2CCc2ccccc2)s1. The highest BCUT2D eigenvalue weighted by molar-refractivity contribution is 7.15. The monoisotopic (exact) mass is 351 g/mol. The van der Waals surface area contributed by atoms with Crippen LogP contribution < -0.4 is 5.32 Å². The van der Waals surface area contributed by atoms with E-state index < -0.39 is 0 Å². The molecule has 5 heteroatoms. The second-order valence-electron chi connectivity index (χ2n) is 5.85. The average molecular weight is 351 g/mol. The first kappa shape index (κ1) is 17.3. The fourth-order valence-corrected chi connectivity index (χ4v) is 3.50. The molecule has 0 aliphatic carbocycles. The molecule has 1 N–H and O–H groups in total. The van der Waals surface area contributed by atoms with E-state index in [-0.39, 0.29) is 5.91 Å². The van der Waals surface area contributed by atoms with Crippen molar-refractivity contribution in [3.05, 3.63) is 76.3 Å². The van der Waals surface area contributed by atoms with Crippen molar-refractivity contribution in [1.82, 2.24) is 10.2 Å². The van der Waals surface area contributed by atoms with Crippen molar-refractivity contribution in [2.75, 3.05) is 5.32 Å². The van der Waals surface area contributed by atoms with Gasteiger partial charge in [0.05, 0.1) is 0 Å². The first-order valence-corrected chi connectivity index (χ1v) is 9.33. The molecule has 1 heterocycles. The second kappa shape index (κ2) is 8.53. The Morgan fingerprint density at radius 3 is 2.52 bits per heavy atom. The molecule has 0 radical (unpaired) electrons. The fraction of sp³-hybridized carbons (Fsp3) is 0.250. The predicted molar refractivity (Wildman–Crippen MR) is 102 cm³/mol. The van der Waals surface area contributed by atoms with Gasteiger partial charge in [0, 0.05) is 12.0 Å². The standard InChI is InChI=1S/C20H21N3OS/c1-2-8-18-22-23-20(25-18)21-19(24)17-12-7-6-11-16(17)14-13-15-9-4-3-5-10-15/h3-7,9-12H,2,8,13-14H2,1H3,(H,21,23,24). The average Bonchev–Trinajstić information content (AvgIpc) is 3.08. The van der Waals surface area contributed by atoms with Crippen molar-refractivity contribution in [3.8, 4) is 0 Å². The Hall–Kier alpha value is -2.53. The zero-order valence-electron chi connectivity index (χ0n) is 14.2. The van der Waals surface area contributed by atoms with Crippen LogP contribution in [0.2, 0.25) is 0 Å². The normalized spacial score (nSPS) is 10.6. The number of hydrogen-bond donors (Lipinski definition) is 1. The molecule has 4 nitrogen and oxygen atoms in total. The molecule has 1 aromatic heterocycles. The number of benzene rings is 2. The van der Waals surface area contributed by atoms with Gasteiger partial charge in [-0.1, -0.05) is 66.8 Å². The number of aromatic nitrogens is 2. The van der Waals surface area contributed by atoms with E-state index in [1.54, 1.807) is 0 Å². The molecule has 0 atom stereocenters. The summed E-state index contributed by atoms with van der Waals surface area (Å²) in [5.74, 6) is -0.122. The maximum Gasteiger partial charge on any atom is 0.257 e. The molecule has 0 spiro atoms. The lowest BCUT2D eigenvalue weighted by atomic mass is 9.99. The van der Waals surface area contributed by atoms with E-state index in [9.17, 15) is 4.79 Å².